The first-order valence-corrected chi connectivity index (χ1v) is 8.87. The topological polar surface area (TPSA) is 45.7 Å². The van der Waals surface area contributed by atoms with Crippen LogP contribution in [0.2, 0.25) is 0 Å². The van der Waals surface area contributed by atoms with Gasteiger partial charge in [-0.15, -0.1) is 24.0 Å². The summed E-state index contributed by atoms with van der Waals surface area (Å²) in [6, 6.07) is 17.4. The molecule has 1 saturated carbocycles. The Morgan fingerprint density at radius 1 is 1.19 bits per heavy atom. The molecule has 2 aromatic carbocycles. The molecule has 0 aliphatic heterocycles. The number of halogens is 1. The Kier molecular flexibility index (Phi) is 7.75. The molecule has 1 aliphatic rings. The van der Waals surface area contributed by atoms with E-state index in [2.05, 4.69) is 65.0 Å². The van der Waals surface area contributed by atoms with Crippen LogP contribution in [0.5, 0.6) is 5.75 Å². The van der Waals surface area contributed by atoms with Gasteiger partial charge in [0.05, 0.1) is 7.11 Å². The summed E-state index contributed by atoms with van der Waals surface area (Å²) >= 11 is 0. The van der Waals surface area contributed by atoms with Crippen LogP contribution >= 0.6 is 24.0 Å². The Balaban J connectivity index is 0.00000243. The Hall–Kier alpha value is -1.76. The number of hydrogen-bond acceptors (Lipinski definition) is 2. The monoisotopic (exact) mass is 465 g/mol. The van der Waals surface area contributed by atoms with Gasteiger partial charge in [0.1, 0.15) is 5.75 Å². The number of ether oxygens (including phenoxy) is 1. The summed E-state index contributed by atoms with van der Waals surface area (Å²) in [5.74, 6) is 2.41. The molecule has 5 heteroatoms. The number of nitrogens with one attached hydrogen (secondary N) is 2. The Bertz CT molecular complexity index is 733. The maximum atomic E-state index is 5.45. The molecule has 1 fully saturated rings. The lowest BCUT2D eigenvalue weighted by Crippen LogP contribution is -2.39. The zero-order valence-corrected chi connectivity index (χ0v) is 18.0. The van der Waals surface area contributed by atoms with Crippen LogP contribution in [0.4, 0.5) is 0 Å². The minimum atomic E-state index is 0. The van der Waals surface area contributed by atoms with Crippen molar-refractivity contribution < 1.29 is 4.74 Å². The number of aryl methyl sites for hydroxylation is 1. The Morgan fingerprint density at radius 2 is 1.96 bits per heavy atom. The molecule has 4 nitrogen and oxygen atoms in total. The molecule has 3 rings (SSSR count). The lowest BCUT2D eigenvalue weighted by atomic mass is 10.1. The second-order valence-electron chi connectivity index (χ2n) is 6.57. The molecule has 2 N–H and O–H groups in total. The van der Waals surface area contributed by atoms with Gasteiger partial charge in [-0.2, -0.15) is 0 Å². The zero-order chi connectivity index (χ0) is 17.6. The highest BCUT2D eigenvalue weighted by Gasteiger charge is 2.38. The van der Waals surface area contributed by atoms with Crippen molar-refractivity contribution in [2.75, 3.05) is 20.7 Å². The third-order valence-electron chi connectivity index (χ3n) is 4.69. The summed E-state index contributed by atoms with van der Waals surface area (Å²) in [5.41, 5.74) is 3.88. The van der Waals surface area contributed by atoms with Crippen molar-refractivity contribution in [3.05, 3.63) is 65.2 Å². The van der Waals surface area contributed by atoms with Crippen molar-refractivity contribution in [1.82, 2.24) is 10.6 Å². The van der Waals surface area contributed by atoms with E-state index in [1.54, 1.807) is 7.11 Å². The summed E-state index contributed by atoms with van der Waals surface area (Å²) in [6.07, 6.45) is 2.06. The first kappa shape index (κ1) is 20.6. The minimum absolute atomic E-state index is 0. The minimum Gasteiger partial charge on any atom is -0.496 e. The van der Waals surface area contributed by atoms with Crippen LogP contribution in [-0.4, -0.2) is 32.7 Å². The van der Waals surface area contributed by atoms with Crippen LogP contribution in [0.25, 0.3) is 0 Å². The number of hydrogen-bond donors (Lipinski definition) is 2. The highest BCUT2D eigenvalue weighted by atomic mass is 127. The van der Waals surface area contributed by atoms with Crippen molar-refractivity contribution in [2.45, 2.75) is 31.7 Å². The molecule has 0 saturated heterocycles. The molecule has 0 amide bonds. The molecule has 2 aromatic rings. The van der Waals surface area contributed by atoms with E-state index in [0.29, 0.717) is 12.0 Å². The fraction of sp³-hybridized carbons (Fsp3) is 0.381. The van der Waals surface area contributed by atoms with Gasteiger partial charge >= 0.3 is 0 Å². The number of nitrogens with zero attached hydrogens (tertiary/aromatic N) is 1. The molecule has 2 unspecified atom stereocenters. The third-order valence-corrected chi connectivity index (χ3v) is 4.69. The predicted octanol–water partition coefficient (Wildman–Crippen LogP) is 3.89. The first-order valence-electron chi connectivity index (χ1n) is 8.87. The van der Waals surface area contributed by atoms with Gasteiger partial charge in [0, 0.05) is 25.6 Å². The van der Waals surface area contributed by atoms with E-state index in [9.17, 15) is 0 Å². The van der Waals surface area contributed by atoms with Crippen molar-refractivity contribution >= 4 is 29.9 Å². The summed E-state index contributed by atoms with van der Waals surface area (Å²) in [6.45, 7) is 2.93. The van der Waals surface area contributed by atoms with Crippen molar-refractivity contribution in [2.24, 2.45) is 4.99 Å². The van der Waals surface area contributed by atoms with E-state index in [-0.39, 0.29) is 24.0 Å². The summed E-state index contributed by atoms with van der Waals surface area (Å²) < 4.78 is 5.45. The maximum Gasteiger partial charge on any atom is 0.191 e. The lowest BCUT2D eigenvalue weighted by Gasteiger charge is -2.13. The van der Waals surface area contributed by atoms with E-state index in [1.807, 2.05) is 13.1 Å². The van der Waals surface area contributed by atoms with Gasteiger partial charge in [0.15, 0.2) is 5.96 Å². The molecule has 1 aliphatic carbocycles. The highest BCUT2D eigenvalue weighted by molar-refractivity contribution is 14.0. The first-order chi connectivity index (χ1) is 12.2. The van der Waals surface area contributed by atoms with Crippen molar-refractivity contribution in [1.29, 1.82) is 0 Å². The van der Waals surface area contributed by atoms with Crippen LogP contribution in [0.3, 0.4) is 0 Å². The molecule has 0 spiro atoms. The molecule has 26 heavy (non-hydrogen) atoms. The quantitative estimate of drug-likeness (QED) is 0.387. The summed E-state index contributed by atoms with van der Waals surface area (Å²) in [4.78, 5) is 4.35. The van der Waals surface area contributed by atoms with Gasteiger partial charge in [-0.3, -0.25) is 4.99 Å². The molecular weight excluding hydrogens is 437 g/mol. The van der Waals surface area contributed by atoms with Crippen LogP contribution in [0, 0.1) is 6.92 Å². The number of methoxy groups -OCH3 is 1. The molecule has 140 valence electrons. The van der Waals surface area contributed by atoms with Gasteiger partial charge in [-0.1, -0.05) is 48.0 Å². The SMILES string of the molecule is CN=C(NCCc1cc(C)ccc1OC)NC1CC1c1ccccc1.I. The van der Waals surface area contributed by atoms with Crippen LogP contribution in [0.15, 0.2) is 53.5 Å². The van der Waals surface area contributed by atoms with Crippen LogP contribution in [-0.2, 0) is 6.42 Å². The molecule has 0 heterocycles. The van der Waals surface area contributed by atoms with E-state index in [1.165, 1.54) is 16.7 Å². The van der Waals surface area contributed by atoms with Gasteiger partial charge < -0.3 is 15.4 Å². The van der Waals surface area contributed by atoms with Crippen LogP contribution in [0.1, 0.15) is 29.0 Å². The average molecular weight is 465 g/mol. The number of guanidine groups is 1. The van der Waals surface area contributed by atoms with Gasteiger partial charge in [0.25, 0.3) is 0 Å². The van der Waals surface area contributed by atoms with Gasteiger partial charge in [-0.25, -0.2) is 0 Å². The standard InChI is InChI=1S/C21H27N3O.HI/c1-15-9-10-20(25-3)17(13-15)11-12-23-21(22-2)24-19-14-18(19)16-7-5-4-6-8-16;/h4-10,13,18-19H,11-12,14H2,1-3H3,(H2,22,23,24);1H. The third kappa shape index (κ3) is 5.37. The highest BCUT2D eigenvalue weighted by Crippen LogP contribution is 2.40. The van der Waals surface area contributed by atoms with Crippen molar-refractivity contribution in [3.63, 3.8) is 0 Å². The van der Waals surface area contributed by atoms with Gasteiger partial charge in [0.2, 0.25) is 0 Å². The predicted molar refractivity (Wildman–Crippen MR) is 119 cm³/mol. The van der Waals surface area contributed by atoms with E-state index >= 15 is 0 Å². The maximum absolute atomic E-state index is 5.45. The largest absolute Gasteiger partial charge is 0.496 e. The van der Waals surface area contributed by atoms with Gasteiger partial charge in [-0.05, 0) is 37.0 Å². The summed E-state index contributed by atoms with van der Waals surface area (Å²) in [7, 11) is 3.54. The molecular formula is C21H28IN3O. The fourth-order valence-electron chi connectivity index (χ4n) is 3.21. The number of rotatable bonds is 6. The molecule has 0 radical (unpaired) electrons. The zero-order valence-electron chi connectivity index (χ0n) is 15.7. The van der Waals surface area contributed by atoms with E-state index < -0.39 is 0 Å². The number of benzene rings is 2. The fourth-order valence-corrected chi connectivity index (χ4v) is 3.21. The molecule has 0 aromatic heterocycles. The van der Waals surface area contributed by atoms with E-state index in [0.717, 1.165) is 31.1 Å². The average Bonchev–Trinajstić information content (AvgIpc) is 3.41. The second-order valence-corrected chi connectivity index (χ2v) is 6.57. The Morgan fingerprint density at radius 3 is 2.65 bits per heavy atom. The molecule has 0 bridgehead atoms. The lowest BCUT2D eigenvalue weighted by molar-refractivity contribution is 0.409. The second kappa shape index (κ2) is 9.80. The number of aliphatic imine (C=N–C) groups is 1. The molecule has 2 atom stereocenters. The van der Waals surface area contributed by atoms with Crippen molar-refractivity contribution in [3.8, 4) is 5.75 Å². The smallest absolute Gasteiger partial charge is 0.191 e. The normalized spacial score (nSPS) is 18.7. The Labute approximate surface area is 173 Å². The van der Waals surface area contributed by atoms with Crippen LogP contribution < -0.4 is 15.4 Å². The van der Waals surface area contributed by atoms with E-state index in [4.69, 9.17) is 4.74 Å². The summed E-state index contributed by atoms with van der Waals surface area (Å²) in [5, 5.41) is 6.94.